The highest BCUT2D eigenvalue weighted by atomic mass is 35.5. The summed E-state index contributed by atoms with van der Waals surface area (Å²) in [5, 5.41) is 5.14. The van der Waals surface area contributed by atoms with Crippen molar-refractivity contribution < 1.29 is 18.7 Å². The third-order valence-corrected chi connectivity index (χ3v) is 5.58. The Balaban J connectivity index is 1.58. The van der Waals surface area contributed by atoms with Crippen molar-refractivity contribution in [3.05, 3.63) is 101 Å². The summed E-state index contributed by atoms with van der Waals surface area (Å²) in [5.74, 6) is 0.0321. The number of halogens is 2. The lowest BCUT2D eigenvalue weighted by Crippen LogP contribution is -1.99. The first-order valence-corrected chi connectivity index (χ1v) is 11.2. The molecule has 0 spiro atoms. The fourth-order valence-electron chi connectivity index (χ4n) is 3.71. The Labute approximate surface area is 201 Å². The molecule has 0 N–H and O–H groups in total. The Morgan fingerprint density at radius 2 is 1.94 bits per heavy atom. The number of aromatic nitrogens is 2. The number of Topliss-reactive ketones (excluding diaryl/α,β-unsaturated/α-hetero) is 1. The first-order chi connectivity index (χ1) is 16.5. The average Bonchev–Trinajstić information content (AvgIpc) is 3.40. The van der Waals surface area contributed by atoms with Crippen LogP contribution < -0.4 is 9.47 Å². The van der Waals surface area contributed by atoms with E-state index in [9.17, 15) is 9.18 Å². The van der Waals surface area contributed by atoms with Crippen LogP contribution in [0.1, 0.15) is 29.3 Å². The molecule has 170 valence electrons. The molecule has 3 aromatic carbocycles. The molecule has 0 saturated heterocycles. The Hall–Kier alpha value is -3.90. The lowest BCUT2D eigenvalue weighted by Gasteiger charge is -2.07. The second-order valence-corrected chi connectivity index (χ2v) is 8.22. The minimum Gasteiger partial charge on any atom is -0.491 e. The molecule has 7 heteroatoms. The van der Waals surface area contributed by atoms with E-state index in [2.05, 4.69) is 0 Å². The summed E-state index contributed by atoms with van der Waals surface area (Å²) >= 11 is 6.05. The van der Waals surface area contributed by atoms with Gasteiger partial charge in [0.1, 0.15) is 11.4 Å². The van der Waals surface area contributed by atoms with Gasteiger partial charge in [0.2, 0.25) is 5.78 Å². The highest BCUT2D eigenvalue weighted by Crippen LogP contribution is 2.35. The van der Waals surface area contributed by atoms with E-state index in [1.165, 1.54) is 6.07 Å². The van der Waals surface area contributed by atoms with E-state index in [1.807, 2.05) is 37.3 Å². The zero-order valence-electron chi connectivity index (χ0n) is 18.3. The zero-order valence-corrected chi connectivity index (χ0v) is 19.1. The minimum absolute atomic E-state index is 0.148. The highest BCUT2D eigenvalue weighted by molar-refractivity contribution is 6.31. The number of para-hydroxylation sites is 1. The van der Waals surface area contributed by atoms with Gasteiger partial charge in [0.25, 0.3) is 0 Å². The van der Waals surface area contributed by atoms with Crippen LogP contribution in [0, 0.1) is 5.82 Å². The topological polar surface area (TPSA) is 53.4 Å². The van der Waals surface area contributed by atoms with Crippen LogP contribution in [0.2, 0.25) is 5.02 Å². The third-order valence-electron chi connectivity index (χ3n) is 5.35. The van der Waals surface area contributed by atoms with Crippen molar-refractivity contribution in [1.82, 2.24) is 9.78 Å². The van der Waals surface area contributed by atoms with Crippen molar-refractivity contribution in [2.75, 3.05) is 6.61 Å². The number of allylic oxidation sites excluding steroid dienone is 1. The molecule has 34 heavy (non-hydrogen) atoms. The van der Waals surface area contributed by atoms with Crippen LogP contribution in [0.25, 0.3) is 23.0 Å². The summed E-state index contributed by atoms with van der Waals surface area (Å²) in [4.78, 5) is 12.9. The SMILES string of the molecule is CCCOc1ccc(-c2nn(-c3ccccc3)cc2/C=C2\Oc3ccc(Cl)cc3C2=O)cc1F. The van der Waals surface area contributed by atoms with Crippen molar-refractivity contribution in [2.24, 2.45) is 0 Å². The van der Waals surface area contributed by atoms with Gasteiger partial charge in [-0.15, -0.1) is 0 Å². The van der Waals surface area contributed by atoms with Crippen LogP contribution in [0.3, 0.4) is 0 Å². The van der Waals surface area contributed by atoms with Crippen molar-refractivity contribution in [3.63, 3.8) is 0 Å². The molecular formula is C27H20ClFN2O3. The smallest absolute Gasteiger partial charge is 0.232 e. The Morgan fingerprint density at radius 3 is 2.71 bits per heavy atom. The number of nitrogens with zero attached hydrogens (tertiary/aromatic N) is 2. The molecule has 0 saturated carbocycles. The number of fused-ring (bicyclic) bond motifs is 1. The Morgan fingerprint density at radius 1 is 1.12 bits per heavy atom. The van der Waals surface area contributed by atoms with Crippen molar-refractivity contribution in [3.8, 4) is 28.4 Å². The summed E-state index contributed by atoms with van der Waals surface area (Å²) < 4.78 is 27.7. The molecule has 1 aromatic heterocycles. The fourth-order valence-corrected chi connectivity index (χ4v) is 3.88. The standard InChI is InChI=1S/C27H20ClFN2O3/c1-2-12-33-24-10-8-17(13-22(24)29)26-18(16-31(30-26)20-6-4-3-5-7-20)14-25-27(32)21-15-19(28)9-11-23(21)34-25/h3-11,13-16H,2,12H2,1H3/b25-14-. The Kier molecular flexibility index (Phi) is 5.90. The summed E-state index contributed by atoms with van der Waals surface area (Å²) in [6.07, 6.45) is 4.18. The second kappa shape index (κ2) is 9.15. The first kappa shape index (κ1) is 21.9. The van der Waals surface area contributed by atoms with Crippen molar-refractivity contribution in [2.45, 2.75) is 13.3 Å². The summed E-state index contributed by atoms with van der Waals surface area (Å²) in [7, 11) is 0. The zero-order chi connectivity index (χ0) is 23.7. The normalized spacial score (nSPS) is 13.7. The van der Waals surface area contributed by atoms with Crippen LogP contribution in [-0.2, 0) is 0 Å². The molecule has 0 aliphatic carbocycles. The molecule has 0 radical (unpaired) electrons. The van der Waals surface area contributed by atoms with Crippen LogP contribution in [0.5, 0.6) is 11.5 Å². The van der Waals surface area contributed by atoms with E-state index in [4.69, 9.17) is 26.2 Å². The van der Waals surface area contributed by atoms with Crippen molar-refractivity contribution >= 4 is 23.5 Å². The van der Waals surface area contributed by atoms with Gasteiger partial charge in [-0.3, -0.25) is 4.79 Å². The largest absolute Gasteiger partial charge is 0.491 e. The predicted molar refractivity (Wildman–Crippen MR) is 129 cm³/mol. The van der Waals surface area contributed by atoms with E-state index < -0.39 is 5.82 Å². The van der Waals surface area contributed by atoms with Crippen LogP contribution in [0.4, 0.5) is 4.39 Å². The Bertz CT molecular complexity index is 1410. The summed E-state index contributed by atoms with van der Waals surface area (Å²) in [6, 6.07) is 19.2. The van der Waals surface area contributed by atoms with Gasteiger partial charge in [-0.2, -0.15) is 5.10 Å². The molecule has 0 unspecified atom stereocenters. The molecule has 5 nitrogen and oxygen atoms in total. The number of carbonyl (C=O) groups excluding carboxylic acids is 1. The van der Waals surface area contributed by atoms with Gasteiger partial charge in [-0.25, -0.2) is 9.07 Å². The second-order valence-electron chi connectivity index (χ2n) is 7.79. The van der Waals surface area contributed by atoms with Gasteiger partial charge in [0, 0.05) is 22.3 Å². The van der Waals surface area contributed by atoms with Crippen LogP contribution in [-0.4, -0.2) is 22.2 Å². The van der Waals surface area contributed by atoms with Gasteiger partial charge in [-0.1, -0.05) is 36.7 Å². The van der Waals surface area contributed by atoms with Gasteiger partial charge in [-0.05, 0) is 61.0 Å². The van der Waals surface area contributed by atoms with Gasteiger partial charge in [0.05, 0.1) is 17.9 Å². The lowest BCUT2D eigenvalue weighted by molar-refractivity contribution is 0.101. The molecule has 4 aromatic rings. The molecule has 2 heterocycles. The molecule has 0 fully saturated rings. The molecule has 1 aliphatic rings. The minimum atomic E-state index is -0.478. The molecule has 0 bridgehead atoms. The monoisotopic (exact) mass is 474 g/mol. The van der Waals surface area contributed by atoms with Crippen LogP contribution >= 0.6 is 11.6 Å². The number of hydrogen-bond acceptors (Lipinski definition) is 4. The van der Waals surface area contributed by atoms with E-state index in [0.29, 0.717) is 39.8 Å². The fraction of sp³-hybridized carbons (Fsp3) is 0.111. The van der Waals surface area contributed by atoms with Gasteiger partial charge >= 0.3 is 0 Å². The quantitative estimate of drug-likeness (QED) is 0.290. The van der Waals surface area contributed by atoms with E-state index in [-0.39, 0.29) is 17.3 Å². The van der Waals surface area contributed by atoms with Gasteiger partial charge < -0.3 is 9.47 Å². The van der Waals surface area contributed by atoms with E-state index in [1.54, 1.807) is 47.3 Å². The number of rotatable bonds is 6. The van der Waals surface area contributed by atoms with Crippen molar-refractivity contribution in [1.29, 1.82) is 0 Å². The first-order valence-electron chi connectivity index (χ1n) is 10.8. The molecule has 0 amide bonds. The molecule has 1 aliphatic heterocycles. The summed E-state index contributed by atoms with van der Waals surface area (Å²) in [6.45, 7) is 2.39. The maximum atomic E-state index is 14.7. The average molecular weight is 475 g/mol. The molecular weight excluding hydrogens is 455 g/mol. The lowest BCUT2D eigenvalue weighted by atomic mass is 10.1. The molecule has 5 rings (SSSR count). The number of benzene rings is 3. The van der Waals surface area contributed by atoms with Crippen LogP contribution in [0.15, 0.2) is 78.7 Å². The number of carbonyl (C=O) groups is 1. The van der Waals surface area contributed by atoms with E-state index >= 15 is 0 Å². The number of ketones is 1. The maximum absolute atomic E-state index is 14.7. The van der Waals surface area contributed by atoms with E-state index in [0.717, 1.165) is 12.1 Å². The number of hydrogen-bond donors (Lipinski definition) is 0. The number of ether oxygens (including phenoxy) is 2. The third kappa shape index (κ3) is 4.20. The maximum Gasteiger partial charge on any atom is 0.232 e. The highest BCUT2D eigenvalue weighted by Gasteiger charge is 2.28. The molecule has 0 atom stereocenters. The van der Waals surface area contributed by atoms with Gasteiger partial charge in [0.15, 0.2) is 17.3 Å². The predicted octanol–water partition coefficient (Wildman–Crippen LogP) is 6.74. The summed E-state index contributed by atoms with van der Waals surface area (Å²) in [5.41, 5.74) is 2.88.